The first-order chi connectivity index (χ1) is 13.6. The number of carboxylic acid groups (broad SMARTS) is 1. The number of pyridine rings is 1. The van der Waals surface area contributed by atoms with Crippen LogP contribution in [0.1, 0.15) is 27.7 Å². The molecule has 1 aliphatic rings. The van der Waals surface area contributed by atoms with Crippen LogP contribution >= 0.6 is 11.6 Å². The van der Waals surface area contributed by atoms with Crippen LogP contribution in [-0.4, -0.2) is 50.8 Å². The first-order valence-corrected chi connectivity index (χ1v) is 9.05. The molecule has 0 bridgehead atoms. The van der Waals surface area contributed by atoms with Gasteiger partial charge >= 0.3 is 5.97 Å². The molecule has 0 saturated carbocycles. The Morgan fingerprint density at radius 3 is 2.75 bits per heavy atom. The van der Waals surface area contributed by atoms with Gasteiger partial charge < -0.3 is 19.8 Å². The summed E-state index contributed by atoms with van der Waals surface area (Å²) in [6.07, 6.45) is 1.20. The summed E-state index contributed by atoms with van der Waals surface area (Å²) < 4.78 is 5.90. The second-order valence-corrected chi connectivity index (χ2v) is 6.80. The quantitative estimate of drug-likeness (QED) is 0.687. The van der Waals surface area contributed by atoms with Crippen molar-refractivity contribution in [2.75, 3.05) is 24.6 Å². The fraction of sp³-hybridized carbons (Fsp3) is 0.263. The molecule has 1 aromatic carbocycles. The predicted octanol–water partition coefficient (Wildman–Crippen LogP) is 2.45. The fourth-order valence-corrected chi connectivity index (χ4v) is 3.45. The number of carbonyl (C=O) groups is 1. The number of morpholine rings is 1. The first-order valence-electron chi connectivity index (χ1n) is 8.67. The molecule has 3 aromatic rings. The van der Waals surface area contributed by atoms with Crippen LogP contribution in [0, 0.1) is 0 Å². The number of aromatic carboxylic acids is 1. The number of halogens is 1. The zero-order valence-electron chi connectivity index (χ0n) is 14.7. The molecule has 9 heteroatoms. The monoisotopic (exact) mass is 400 g/mol. The standard InChI is InChI=1S/C19H17ClN4O4/c20-13-7-14(19(26)27)23-17-16(13)21-10-22-18(17)24-5-6-28-15(8-24)12-3-1-11(9-25)2-4-12/h1-4,7,10,15,25H,5-6,8-9H2,(H,26,27). The molecular formula is C19H17ClN4O4. The zero-order chi connectivity index (χ0) is 19.7. The van der Waals surface area contributed by atoms with Crippen LogP contribution < -0.4 is 4.90 Å². The molecule has 2 aromatic heterocycles. The maximum absolute atomic E-state index is 11.4. The van der Waals surface area contributed by atoms with Gasteiger partial charge in [0, 0.05) is 13.1 Å². The normalized spacial score (nSPS) is 17.1. The summed E-state index contributed by atoms with van der Waals surface area (Å²) in [5.41, 5.74) is 2.42. The number of carboxylic acids is 1. The lowest BCUT2D eigenvalue weighted by Gasteiger charge is -2.34. The summed E-state index contributed by atoms with van der Waals surface area (Å²) in [6.45, 7) is 1.56. The van der Waals surface area contributed by atoms with Crippen LogP contribution in [0.15, 0.2) is 36.7 Å². The summed E-state index contributed by atoms with van der Waals surface area (Å²) in [7, 11) is 0. The van der Waals surface area contributed by atoms with Crippen molar-refractivity contribution in [3.8, 4) is 0 Å². The molecule has 1 atom stereocenters. The number of aliphatic hydroxyl groups is 1. The number of aliphatic hydroxyl groups excluding tert-OH is 1. The van der Waals surface area contributed by atoms with Gasteiger partial charge in [-0.05, 0) is 17.2 Å². The van der Waals surface area contributed by atoms with E-state index in [1.807, 2.05) is 29.2 Å². The van der Waals surface area contributed by atoms with Crippen LogP contribution in [-0.2, 0) is 11.3 Å². The predicted molar refractivity (Wildman–Crippen MR) is 103 cm³/mol. The van der Waals surface area contributed by atoms with E-state index < -0.39 is 5.97 Å². The van der Waals surface area contributed by atoms with E-state index in [0.29, 0.717) is 36.5 Å². The molecule has 0 aliphatic carbocycles. The van der Waals surface area contributed by atoms with Crippen LogP contribution in [0.3, 0.4) is 0 Å². The number of nitrogens with zero attached hydrogens (tertiary/aromatic N) is 4. The third kappa shape index (κ3) is 3.49. The van der Waals surface area contributed by atoms with Crippen molar-refractivity contribution in [3.05, 3.63) is 58.5 Å². The number of hydrogen-bond donors (Lipinski definition) is 2. The summed E-state index contributed by atoms with van der Waals surface area (Å²) >= 11 is 6.21. The molecule has 1 unspecified atom stereocenters. The van der Waals surface area contributed by atoms with Gasteiger partial charge in [-0.3, -0.25) is 0 Å². The number of benzene rings is 1. The van der Waals surface area contributed by atoms with Crippen LogP contribution in [0.4, 0.5) is 5.82 Å². The molecule has 144 valence electrons. The van der Waals surface area contributed by atoms with Crippen LogP contribution in [0.5, 0.6) is 0 Å². The highest BCUT2D eigenvalue weighted by atomic mass is 35.5. The molecule has 3 heterocycles. The van der Waals surface area contributed by atoms with Gasteiger partial charge in [0.15, 0.2) is 11.5 Å². The lowest BCUT2D eigenvalue weighted by molar-refractivity contribution is 0.0396. The third-order valence-electron chi connectivity index (χ3n) is 4.64. The molecule has 0 spiro atoms. The van der Waals surface area contributed by atoms with Gasteiger partial charge in [-0.25, -0.2) is 19.7 Å². The molecular weight excluding hydrogens is 384 g/mol. The van der Waals surface area contributed by atoms with E-state index in [1.54, 1.807) is 0 Å². The molecule has 2 N–H and O–H groups in total. The Balaban J connectivity index is 1.69. The molecule has 8 nitrogen and oxygen atoms in total. The van der Waals surface area contributed by atoms with Gasteiger partial charge in [0.05, 0.1) is 18.2 Å². The Hall–Kier alpha value is -2.81. The van der Waals surface area contributed by atoms with E-state index in [4.69, 9.17) is 16.3 Å². The number of ether oxygens (including phenoxy) is 1. The Morgan fingerprint density at radius 2 is 2.04 bits per heavy atom. The van der Waals surface area contributed by atoms with Crippen LogP contribution in [0.25, 0.3) is 11.0 Å². The second kappa shape index (κ2) is 7.67. The number of anilines is 1. The van der Waals surface area contributed by atoms with E-state index >= 15 is 0 Å². The first kappa shape index (κ1) is 18.5. The molecule has 28 heavy (non-hydrogen) atoms. The Labute approximate surface area is 165 Å². The van der Waals surface area contributed by atoms with Crippen molar-refractivity contribution in [1.29, 1.82) is 0 Å². The minimum absolute atomic E-state index is 0.0107. The molecule has 0 amide bonds. The van der Waals surface area contributed by atoms with E-state index in [2.05, 4.69) is 15.0 Å². The van der Waals surface area contributed by atoms with Gasteiger partial charge in [0.25, 0.3) is 0 Å². The number of rotatable bonds is 4. The average molecular weight is 401 g/mol. The van der Waals surface area contributed by atoms with Crippen molar-refractivity contribution in [3.63, 3.8) is 0 Å². The van der Waals surface area contributed by atoms with Gasteiger partial charge in [-0.1, -0.05) is 35.9 Å². The number of fused-ring (bicyclic) bond motifs is 1. The van der Waals surface area contributed by atoms with Crippen molar-refractivity contribution in [2.24, 2.45) is 0 Å². The van der Waals surface area contributed by atoms with E-state index in [1.165, 1.54) is 12.4 Å². The van der Waals surface area contributed by atoms with E-state index in [-0.39, 0.29) is 23.4 Å². The molecule has 1 saturated heterocycles. The average Bonchev–Trinajstić information content (AvgIpc) is 2.73. The molecule has 0 radical (unpaired) electrons. The Kier molecular flexibility index (Phi) is 5.08. The highest BCUT2D eigenvalue weighted by Gasteiger charge is 2.26. The summed E-state index contributed by atoms with van der Waals surface area (Å²) in [6, 6.07) is 8.86. The Morgan fingerprint density at radius 1 is 1.25 bits per heavy atom. The van der Waals surface area contributed by atoms with Gasteiger partial charge in [0.1, 0.15) is 23.5 Å². The molecule has 4 rings (SSSR count). The highest BCUT2D eigenvalue weighted by Crippen LogP contribution is 2.31. The lowest BCUT2D eigenvalue weighted by atomic mass is 10.1. The molecule has 1 fully saturated rings. The lowest BCUT2D eigenvalue weighted by Crippen LogP contribution is -2.39. The van der Waals surface area contributed by atoms with Crippen molar-refractivity contribution < 1.29 is 19.7 Å². The van der Waals surface area contributed by atoms with Gasteiger partial charge in [0.2, 0.25) is 0 Å². The van der Waals surface area contributed by atoms with E-state index in [0.717, 1.165) is 11.1 Å². The topological polar surface area (TPSA) is 109 Å². The maximum atomic E-state index is 11.4. The number of aromatic nitrogens is 3. The zero-order valence-corrected chi connectivity index (χ0v) is 15.5. The Bertz CT molecular complexity index is 1030. The minimum atomic E-state index is -1.16. The van der Waals surface area contributed by atoms with Crippen LogP contribution in [0.2, 0.25) is 5.02 Å². The smallest absolute Gasteiger partial charge is 0.354 e. The molecule has 1 aliphatic heterocycles. The van der Waals surface area contributed by atoms with Crippen molar-refractivity contribution in [2.45, 2.75) is 12.7 Å². The highest BCUT2D eigenvalue weighted by molar-refractivity contribution is 6.35. The second-order valence-electron chi connectivity index (χ2n) is 6.39. The van der Waals surface area contributed by atoms with Crippen molar-refractivity contribution >= 4 is 34.4 Å². The summed E-state index contributed by atoms with van der Waals surface area (Å²) in [5, 5.41) is 18.7. The summed E-state index contributed by atoms with van der Waals surface area (Å²) in [5.74, 6) is -0.641. The van der Waals surface area contributed by atoms with Crippen molar-refractivity contribution in [1.82, 2.24) is 15.0 Å². The fourth-order valence-electron chi connectivity index (χ4n) is 3.21. The summed E-state index contributed by atoms with van der Waals surface area (Å²) in [4.78, 5) is 26.1. The van der Waals surface area contributed by atoms with Gasteiger partial charge in [-0.15, -0.1) is 0 Å². The van der Waals surface area contributed by atoms with E-state index in [9.17, 15) is 15.0 Å². The minimum Gasteiger partial charge on any atom is -0.477 e. The van der Waals surface area contributed by atoms with Gasteiger partial charge in [-0.2, -0.15) is 0 Å². The third-order valence-corrected chi connectivity index (χ3v) is 4.93. The SMILES string of the molecule is O=C(O)c1cc(Cl)c2ncnc(N3CCOC(c4ccc(CO)cc4)C3)c2n1. The largest absolute Gasteiger partial charge is 0.477 e. The number of hydrogen-bond acceptors (Lipinski definition) is 7. The maximum Gasteiger partial charge on any atom is 0.354 e.